The van der Waals surface area contributed by atoms with E-state index in [9.17, 15) is 0 Å². The Hall–Kier alpha value is 0.0169. The zero-order chi connectivity index (χ0) is 33.3. The normalized spacial score (nSPS) is 22.5. The number of ether oxygens (including phenoxy) is 4. The minimum absolute atomic E-state index is 0.0151. The monoisotopic (exact) mass is 854 g/mol. The van der Waals surface area contributed by atoms with E-state index >= 15 is 0 Å². The number of methoxy groups -OCH3 is 1. The molecule has 1 heterocycles. The van der Waals surface area contributed by atoms with Crippen LogP contribution in [0.3, 0.4) is 0 Å². The predicted octanol–water partition coefficient (Wildman–Crippen LogP) is 11.4. The SMILES string of the molecule is CCCCC[C@H](C/C=C(\I)[C@H]1OC(C)(C)O[C@@H]([C@@H](C)/C=C(\I)CO[Si](C)(C)C(C)(C)C)C1(C)C)OCc1ccc(OC)cc1. The zero-order valence-electron chi connectivity index (χ0n) is 29.5. The fourth-order valence-electron chi connectivity index (χ4n) is 5.33. The summed E-state index contributed by atoms with van der Waals surface area (Å²) in [6, 6.07) is 8.15. The molecule has 1 saturated heterocycles. The Kier molecular flexibility index (Phi) is 15.9. The molecular weight excluding hydrogens is 794 g/mol. The van der Waals surface area contributed by atoms with Crippen LogP contribution in [0.2, 0.25) is 18.1 Å². The molecule has 252 valence electrons. The van der Waals surface area contributed by atoms with Gasteiger partial charge in [0.2, 0.25) is 0 Å². The first-order valence-electron chi connectivity index (χ1n) is 16.3. The van der Waals surface area contributed by atoms with E-state index in [1.807, 2.05) is 26.0 Å². The molecule has 4 atom stereocenters. The molecule has 0 bridgehead atoms. The van der Waals surface area contributed by atoms with E-state index in [-0.39, 0.29) is 34.7 Å². The van der Waals surface area contributed by atoms with Crippen molar-refractivity contribution in [2.24, 2.45) is 11.3 Å². The van der Waals surface area contributed by atoms with Gasteiger partial charge < -0.3 is 23.4 Å². The maximum atomic E-state index is 6.66. The largest absolute Gasteiger partial charge is 0.497 e. The van der Waals surface area contributed by atoms with Gasteiger partial charge in [0, 0.05) is 18.5 Å². The van der Waals surface area contributed by atoms with Crippen molar-refractivity contribution in [3.8, 4) is 5.75 Å². The highest BCUT2D eigenvalue weighted by atomic mass is 127. The second kappa shape index (κ2) is 17.4. The minimum atomic E-state index is -1.82. The standard InChI is InChI=1S/C36H60I2O5Si/c1-13-14-15-16-30(40-24-27-17-19-29(39-10)20-18-27)21-22-31(38)33-35(6,7)32(42-36(8,9)43-33)26(2)23-28(37)25-41-44(11,12)34(3,4)5/h17-20,22-23,26,30,32-33H,13-16,21,24-25H2,1-12H3/b28-23-,31-22-/t26-,30+,32-,33+/m0/s1. The van der Waals surface area contributed by atoms with Gasteiger partial charge in [-0.3, -0.25) is 0 Å². The van der Waals surface area contributed by atoms with E-state index in [4.69, 9.17) is 23.4 Å². The molecule has 8 heteroatoms. The highest BCUT2D eigenvalue weighted by Crippen LogP contribution is 2.47. The Labute approximate surface area is 298 Å². The average molecular weight is 855 g/mol. The summed E-state index contributed by atoms with van der Waals surface area (Å²) in [5.74, 6) is 0.376. The van der Waals surface area contributed by atoms with Gasteiger partial charge in [-0.05, 0) is 108 Å². The molecule has 1 fully saturated rings. The molecule has 0 aromatic heterocycles. The lowest BCUT2D eigenvalue weighted by atomic mass is 9.74. The van der Waals surface area contributed by atoms with Crippen molar-refractivity contribution in [3.05, 3.63) is 49.1 Å². The molecule has 0 radical (unpaired) electrons. The van der Waals surface area contributed by atoms with Crippen LogP contribution in [-0.2, 0) is 25.2 Å². The van der Waals surface area contributed by atoms with Crippen molar-refractivity contribution < 1.29 is 23.4 Å². The summed E-state index contributed by atoms with van der Waals surface area (Å²) < 4.78 is 34.1. The highest BCUT2D eigenvalue weighted by molar-refractivity contribution is 14.1. The van der Waals surface area contributed by atoms with E-state index in [0.717, 1.165) is 24.2 Å². The van der Waals surface area contributed by atoms with E-state index < -0.39 is 14.1 Å². The Morgan fingerprint density at radius 3 is 2.25 bits per heavy atom. The van der Waals surface area contributed by atoms with Crippen molar-refractivity contribution in [3.63, 3.8) is 0 Å². The molecule has 0 spiro atoms. The molecule has 44 heavy (non-hydrogen) atoms. The average Bonchev–Trinajstić information content (AvgIpc) is 2.93. The van der Waals surface area contributed by atoms with E-state index in [1.165, 1.54) is 26.4 Å². The van der Waals surface area contributed by atoms with Gasteiger partial charge in [-0.15, -0.1) is 0 Å². The van der Waals surface area contributed by atoms with Crippen molar-refractivity contribution in [2.45, 2.75) is 143 Å². The Morgan fingerprint density at radius 2 is 1.68 bits per heavy atom. The van der Waals surface area contributed by atoms with Crippen LogP contribution in [0.5, 0.6) is 5.75 Å². The second-order valence-electron chi connectivity index (χ2n) is 14.9. The van der Waals surface area contributed by atoms with Crippen molar-refractivity contribution >= 4 is 53.5 Å². The molecule has 1 aromatic carbocycles. The van der Waals surface area contributed by atoms with Crippen LogP contribution in [0.1, 0.15) is 100.0 Å². The first-order chi connectivity index (χ1) is 20.3. The van der Waals surface area contributed by atoms with Crippen LogP contribution in [0, 0.1) is 11.3 Å². The molecule has 1 aliphatic rings. The number of rotatable bonds is 16. The second-order valence-corrected chi connectivity index (χ2v) is 22.3. The molecule has 0 N–H and O–H groups in total. The van der Waals surface area contributed by atoms with Gasteiger partial charge in [-0.2, -0.15) is 0 Å². The Bertz CT molecular complexity index is 1070. The fourth-order valence-corrected chi connectivity index (χ4v) is 8.48. The smallest absolute Gasteiger partial charge is 0.192 e. The van der Waals surface area contributed by atoms with Crippen LogP contribution in [0.25, 0.3) is 0 Å². The lowest BCUT2D eigenvalue weighted by Gasteiger charge is -2.52. The van der Waals surface area contributed by atoms with Gasteiger partial charge in [0.15, 0.2) is 14.1 Å². The summed E-state index contributed by atoms with van der Waals surface area (Å²) in [5, 5.41) is 0.192. The topological polar surface area (TPSA) is 46.2 Å². The summed E-state index contributed by atoms with van der Waals surface area (Å²) in [5.41, 5.74) is 0.923. The third-order valence-corrected chi connectivity index (χ3v) is 15.3. The summed E-state index contributed by atoms with van der Waals surface area (Å²) in [7, 11) is -0.121. The lowest BCUT2D eigenvalue weighted by molar-refractivity contribution is -0.337. The van der Waals surface area contributed by atoms with Gasteiger partial charge in [0.05, 0.1) is 38.6 Å². The number of hydrogen-bond donors (Lipinski definition) is 0. The third-order valence-electron chi connectivity index (χ3n) is 9.12. The maximum absolute atomic E-state index is 6.66. The van der Waals surface area contributed by atoms with Gasteiger partial charge in [-0.25, -0.2) is 0 Å². The first kappa shape index (κ1) is 40.2. The molecule has 1 aromatic rings. The van der Waals surface area contributed by atoms with Crippen LogP contribution in [0.4, 0.5) is 0 Å². The van der Waals surface area contributed by atoms with E-state index in [0.29, 0.717) is 13.2 Å². The third kappa shape index (κ3) is 12.2. The summed E-state index contributed by atoms with van der Waals surface area (Å²) >= 11 is 4.94. The van der Waals surface area contributed by atoms with Crippen molar-refractivity contribution in [1.29, 1.82) is 0 Å². The molecule has 1 aliphatic heterocycles. The summed E-state index contributed by atoms with van der Waals surface area (Å²) in [6.07, 6.45) is 10.2. The quantitative estimate of drug-likeness (QED) is 0.0942. The molecule has 0 unspecified atom stereocenters. The van der Waals surface area contributed by atoms with Gasteiger partial charge in [-0.1, -0.05) is 92.0 Å². The van der Waals surface area contributed by atoms with Crippen molar-refractivity contribution in [1.82, 2.24) is 0 Å². The van der Waals surface area contributed by atoms with E-state index in [2.05, 4.69) is 131 Å². The van der Waals surface area contributed by atoms with Gasteiger partial charge >= 0.3 is 0 Å². The van der Waals surface area contributed by atoms with Crippen molar-refractivity contribution in [2.75, 3.05) is 13.7 Å². The minimum Gasteiger partial charge on any atom is -0.497 e. The first-order valence-corrected chi connectivity index (χ1v) is 21.4. The number of benzene rings is 1. The van der Waals surface area contributed by atoms with Crippen LogP contribution in [-0.4, -0.2) is 46.1 Å². The molecule has 2 rings (SSSR count). The molecular formula is C36H60I2O5Si. The Morgan fingerprint density at radius 1 is 1.05 bits per heavy atom. The highest BCUT2D eigenvalue weighted by Gasteiger charge is 2.51. The lowest BCUT2D eigenvalue weighted by Crippen LogP contribution is -2.57. The van der Waals surface area contributed by atoms with Gasteiger partial charge in [0.25, 0.3) is 0 Å². The molecule has 0 amide bonds. The summed E-state index contributed by atoms with van der Waals surface area (Å²) in [4.78, 5) is 0. The van der Waals surface area contributed by atoms with Crippen LogP contribution in [0.15, 0.2) is 43.6 Å². The predicted molar refractivity (Wildman–Crippen MR) is 204 cm³/mol. The van der Waals surface area contributed by atoms with Gasteiger partial charge in [0.1, 0.15) is 5.75 Å². The molecule has 0 saturated carbocycles. The summed E-state index contributed by atoms with van der Waals surface area (Å²) in [6.45, 7) is 25.9. The maximum Gasteiger partial charge on any atom is 0.192 e. The molecule has 5 nitrogen and oxygen atoms in total. The van der Waals surface area contributed by atoms with Crippen LogP contribution < -0.4 is 4.74 Å². The number of halogens is 2. The number of hydrogen-bond acceptors (Lipinski definition) is 5. The van der Waals surface area contributed by atoms with E-state index in [1.54, 1.807) is 7.11 Å². The van der Waals surface area contributed by atoms with Crippen LogP contribution >= 0.6 is 45.2 Å². The number of unbranched alkanes of at least 4 members (excludes halogenated alkanes) is 2. The fraction of sp³-hybridized carbons (Fsp3) is 0.722. The molecule has 0 aliphatic carbocycles. The zero-order valence-corrected chi connectivity index (χ0v) is 34.8. The Balaban J connectivity index is 2.18.